The van der Waals surface area contributed by atoms with Crippen molar-refractivity contribution in [2.24, 2.45) is 5.73 Å². The predicted octanol–water partition coefficient (Wildman–Crippen LogP) is 1.34. The molecule has 0 spiro atoms. The van der Waals surface area contributed by atoms with Crippen LogP contribution in [0.5, 0.6) is 0 Å². The third-order valence-corrected chi connectivity index (χ3v) is 3.23. The number of anilines is 1. The smallest absolute Gasteiger partial charge is 0.337 e. The minimum atomic E-state index is -1.06. The molecule has 1 heterocycles. The summed E-state index contributed by atoms with van der Waals surface area (Å²) in [6.45, 7) is 1.20. The van der Waals surface area contributed by atoms with Crippen molar-refractivity contribution in [2.45, 2.75) is 18.9 Å². The Bertz CT molecular complexity index is 482. The van der Waals surface area contributed by atoms with Gasteiger partial charge in [-0.3, -0.25) is 0 Å². The van der Waals surface area contributed by atoms with E-state index in [1.165, 1.54) is 6.07 Å². The first-order valence-corrected chi connectivity index (χ1v) is 6.22. The SMILES string of the molecule is NC1CCN(C(=O)Nc2ccccc2C(=O)O)CC1. The van der Waals surface area contributed by atoms with Crippen LogP contribution in [0.4, 0.5) is 10.5 Å². The summed E-state index contributed by atoms with van der Waals surface area (Å²) in [4.78, 5) is 24.7. The number of likely N-dealkylation sites (tertiary alicyclic amines) is 1. The zero-order chi connectivity index (χ0) is 13.8. The third-order valence-electron chi connectivity index (χ3n) is 3.23. The summed E-state index contributed by atoms with van der Waals surface area (Å²) in [7, 11) is 0. The average Bonchev–Trinajstić information content (AvgIpc) is 2.39. The van der Waals surface area contributed by atoms with E-state index in [4.69, 9.17) is 10.8 Å². The average molecular weight is 263 g/mol. The van der Waals surface area contributed by atoms with E-state index in [0.717, 1.165) is 12.8 Å². The summed E-state index contributed by atoms with van der Waals surface area (Å²) in [5.74, 6) is -1.06. The van der Waals surface area contributed by atoms with Crippen molar-refractivity contribution in [3.63, 3.8) is 0 Å². The van der Waals surface area contributed by atoms with Crippen LogP contribution in [0.3, 0.4) is 0 Å². The van der Waals surface area contributed by atoms with Gasteiger partial charge in [-0.2, -0.15) is 0 Å². The Balaban J connectivity index is 2.05. The molecule has 102 valence electrons. The molecule has 6 heteroatoms. The highest BCUT2D eigenvalue weighted by atomic mass is 16.4. The highest BCUT2D eigenvalue weighted by Crippen LogP contribution is 2.17. The number of amides is 2. The number of nitrogens with zero attached hydrogens (tertiary/aromatic N) is 1. The minimum Gasteiger partial charge on any atom is -0.478 e. The zero-order valence-corrected chi connectivity index (χ0v) is 10.5. The largest absolute Gasteiger partial charge is 0.478 e. The summed E-state index contributed by atoms with van der Waals surface area (Å²) < 4.78 is 0. The van der Waals surface area contributed by atoms with E-state index in [9.17, 15) is 9.59 Å². The van der Waals surface area contributed by atoms with Crippen LogP contribution >= 0.6 is 0 Å². The van der Waals surface area contributed by atoms with Gasteiger partial charge in [-0.25, -0.2) is 9.59 Å². The van der Waals surface area contributed by atoms with Gasteiger partial charge in [-0.1, -0.05) is 12.1 Å². The molecule has 0 aliphatic carbocycles. The van der Waals surface area contributed by atoms with E-state index in [-0.39, 0.29) is 17.6 Å². The number of hydrogen-bond acceptors (Lipinski definition) is 3. The number of benzene rings is 1. The maximum atomic E-state index is 12.0. The van der Waals surface area contributed by atoms with Gasteiger partial charge in [-0.15, -0.1) is 0 Å². The molecule has 0 radical (unpaired) electrons. The number of rotatable bonds is 2. The fourth-order valence-corrected chi connectivity index (χ4v) is 2.08. The van der Waals surface area contributed by atoms with Crippen molar-refractivity contribution in [3.8, 4) is 0 Å². The van der Waals surface area contributed by atoms with Gasteiger partial charge >= 0.3 is 12.0 Å². The molecule has 1 aromatic rings. The lowest BCUT2D eigenvalue weighted by Gasteiger charge is -2.30. The summed E-state index contributed by atoms with van der Waals surface area (Å²) >= 11 is 0. The quantitative estimate of drug-likeness (QED) is 0.750. The van der Waals surface area contributed by atoms with Gasteiger partial charge in [0, 0.05) is 19.1 Å². The lowest BCUT2D eigenvalue weighted by atomic mass is 10.1. The lowest BCUT2D eigenvalue weighted by molar-refractivity contribution is 0.0698. The summed E-state index contributed by atoms with van der Waals surface area (Å²) in [6, 6.07) is 6.23. The molecule has 19 heavy (non-hydrogen) atoms. The number of para-hydroxylation sites is 1. The fraction of sp³-hybridized carbons (Fsp3) is 0.385. The molecule has 1 fully saturated rings. The molecule has 0 bridgehead atoms. The standard InChI is InChI=1S/C13H17N3O3/c14-9-5-7-16(8-6-9)13(19)15-11-4-2-1-3-10(11)12(17)18/h1-4,9H,5-8,14H2,(H,15,19)(H,17,18). The summed E-state index contributed by atoms with van der Waals surface area (Å²) in [6.07, 6.45) is 1.54. The van der Waals surface area contributed by atoms with Crippen molar-refractivity contribution >= 4 is 17.7 Å². The van der Waals surface area contributed by atoms with Gasteiger partial charge in [0.15, 0.2) is 0 Å². The van der Waals surface area contributed by atoms with Gasteiger partial charge in [0.1, 0.15) is 0 Å². The topological polar surface area (TPSA) is 95.7 Å². The van der Waals surface area contributed by atoms with Crippen molar-refractivity contribution < 1.29 is 14.7 Å². The maximum absolute atomic E-state index is 12.0. The zero-order valence-electron chi connectivity index (χ0n) is 10.5. The molecule has 1 aliphatic rings. The van der Waals surface area contributed by atoms with Crippen LogP contribution < -0.4 is 11.1 Å². The number of carboxylic acid groups (broad SMARTS) is 1. The van der Waals surface area contributed by atoms with Crippen molar-refractivity contribution in [1.82, 2.24) is 4.90 Å². The van der Waals surface area contributed by atoms with Gasteiger partial charge < -0.3 is 21.1 Å². The van der Waals surface area contributed by atoms with Crippen LogP contribution in [-0.4, -0.2) is 41.1 Å². The number of nitrogens with two attached hydrogens (primary N) is 1. The molecule has 1 aliphatic heterocycles. The highest BCUT2D eigenvalue weighted by molar-refractivity contribution is 5.99. The summed E-state index contributed by atoms with van der Waals surface area (Å²) in [5.41, 5.74) is 6.18. The van der Waals surface area contributed by atoms with Gasteiger partial charge in [0.2, 0.25) is 0 Å². The van der Waals surface area contributed by atoms with Crippen molar-refractivity contribution in [2.75, 3.05) is 18.4 Å². The van der Waals surface area contributed by atoms with Crippen LogP contribution in [0.1, 0.15) is 23.2 Å². The van der Waals surface area contributed by atoms with E-state index in [1.807, 2.05) is 0 Å². The molecular weight excluding hydrogens is 246 g/mol. The van der Waals surface area contributed by atoms with Crippen molar-refractivity contribution in [3.05, 3.63) is 29.8 Å². The van der Waals surface area contributed by atoms with E-state index < -0.39 is 5.97 Å². The molecule has 0 atom stereocenters. The normalized spacial score (nSPS) is 16.2. The minimum absolute atomic E-state index is 0.0876. The Labute approximate surface area is 111 Å². The van der Waals surface area contributed by atoms with E-state index in [0.29, 0.717) is 18.8 Å². The van der Waals surface area contributed by atoms with Crippen LogP contribution in [0.15, 0.2) is 24.3 Å². The Hall–Kier alpha value is -2.08. The van der Waals surface area contributed by atoms with E-state index >= 15 is 0 Å². The monoisotopic (exact) mass is 263 g/mol. The first-order valence-electron chi connectivity index (χ1n) is 6.22. The number of hydrogen-bond donors (Lipinski definition) is 3. The van der Waals surface area contributed by atoms with Crippen LogP contribution in [0, 0.1) is 0 Å². The molecular formula is C13H17N3O3. The number of carbonyl (C=O) groups is 2. The van der Waals surface area contributed by atoms with Gasteiger partial charge in [-0.05, 0) is 25.0 Å². The predicted molar refractivity (Wildman–Crippen MR) is 71.2 cm³/mol. The highest BCUT2D eigenvalue weighted by Gasteiger charge is 2.21. The number of carbonyl (C=O) groups excluding carboxylic acids is 1. The lowest BCUT2D eigenvalue weighted by Crippen LogP contribution is -2.44. The molecule has 0 saturated carbocycles. The maximum Gasteiger partial charge on any atom is 0.337 e. The fourth-order valence-electron chi connectivity index (χ4n) is 2.08. The Morgan fingerprint density at radius 2 is 1.89 bits per heavy atom. The molecule has 0 aromatic heterocycles. The number of nitrogens with one attached hydrogen (secondary N) is 1. The Morgan fingerprint density at radius 3 is 2.53 bits per heavy atom. The molecule has 1 saturated heterocycles. The first-order chi connectivity index (χ1) is 9.08. The van der Waals surface area contributed by atoms with E-state index in [1.54, 1.807) is 23.1 Å². The molecule has 1 aromatic carbocycles. The first kappa shape index (κ1) is 13.4. The molecule has 2 rings (SSSR count). The molecule has 2 amide bonds. The number of piperidine rings is 1. The van der Waals surface area contributed by atoms with Gasteiger partial charge in [0.05, 0.1) is 11.3 Å². The third kappa shape index (κ3) is 3.23. The second-order valence-electron chi connectivity index (χ2n) is 4.61. The van der Waals surface area contributed by atoms with Crippen LogP contribution in [0.25, 0.3) is 0 Å². The van der Waals surface area contributed by atoms with Crippen molar-refractivity contribution in [1.29, 1.82) is 0 Å². The summed E-state index contributed by atoms with van der Waals surface area (Å²) in [5, 5.41) is 11.7. The number of carboxylic acids is 1. The Kier molecular flexibility index (Phi) is 4.01. The van der Waals surface area contributed by atoms with Gasteiger partial charge in [0.25, 0.3) is 0 Å². The molecule has 0 unspecified atom stereocenters. The number of aromatic carboxylic acids is 1. The van der Waals surface area contributed by atoms with E-state index in [2.05, 4.69) is 5.32 Å². The second-order valence-corrected chi connectivity index (χ2v) is 4.61. The molecule has 4 N–H and O–H groups in total. The van der Waals surface area contributed by atoms with Crippen LogP contribution in [-0.2, 0) is 0 Å². The van der Waals surface area contributed by atoms with Crippen LogP contribution in [0.2, 0.25) is 0 Å². The molecule has 6 nitrogen and oxygen atoms in total. The second kappa shape index (κ2) is 5.71. The Morgan fingerprint density at radius 1 is 1.26 bits per heavy atom. The number of urea groups is 1.